The van der Waals surface area contributed by atoms with E-state index in [-0.39, 0.29) is 11.8 Å². The first-order chi connectivity index (χ1) is 12.8. The van der Waals surface area contributed by atoms with Crippen LogP contribution in [0.4, 0.5) is 5.69 Å². The van der Waals surface area contributed by atoms with Crippen LogP contribution in [0.25, 0.3) is 0 Å². The van der Waals surface area contributed by atoms with E-state index in [0.717, 1.165) is 11.3 Å². The van der Waals surface area contributed by atoms with Crippen molar-refractivity contribution in [3.63, 3.8) is 0 Å². The molecule has 0 aliphatic carbocycles. The van der Waals surface area contributed by atoms with E-state index in [2.05, 4.69) is 10.6 Å². The smallest absolute Gasteiger partial charge is 0.261 e. The SMILES string of the molecule is CC(C)CC(=O)Nc1cccc(CNC(=O)C(C)Oc2ccc(Cl)cc2)c1. The molecule has 2 rings (SSSR count). The Bertz CT molecular complexity index is 775. The van der Waals surface area contributed by atoms with Crippen molar-refractivity contribution in [1.29, 1.82) is 0 Å². The summed E-state index contributed by atoms with van der Waals surface area (Å²) in [5.74, 6) is 0.641. The van der Waals surface area contributed by atoms with Gasteiger partial charge in [0.25, 0.3) is 5.91 Å². The van der Waals surface area contributed by atoms with Gasteiger partial charge in [-0.05, 0) is 54.8 Å². The summed E-state index contributed by atoms with van der Waals surface area (Å²) in [7, 11) is 0. The average molecular weight is 389 g/mol. The summed E-state index contributed by atoms with van der Waals surface area (Å²) in [4.78, 5) is 24.1. The Kier molecular flexibility index (Phi) is 7.67. The first-order valence-electron chi connectivity index (χ1n) is 8.92. The molecule has 1 atom stereocenters. The molecule has 144 valence electrons. The maximum absolute atomic E-state index is 12.2. The highest BCUT2D eigenvalue weighted by Gasteiger charge is 2.14. The molecule has 0 spiro atoms. The van der Waals surface area contributed by atoms with Gasteiger partial charge >= 0.3 is 0 Å². The van der Waals surface area contributed by atoms with Crippen LogP contribution >= 0.6 is 11.6 Å². The third kappa shape index (κ3) is 7.31. The van der Waals surface area contributed by atoms with Crippen molar-refractivity contribution in [3.05, 3.63) is 59.1 Å². The standard InChI is InChI=1S/C21H25ClN2O3/c1-14(2)11-20(25)24-18-6-4-5-16(12-18)13-23-21(26)15(3)27-19-9-7-17(22)8-10-19/h4-10,12,14-15H,11,13H2,1-3H3,(H,23,26)(H,24,25). The molecule has 0 radical (unpaired) electrons. The zero-order valence-electron chi connectivity index (χ0n) is 15.8. The highest BCUT2D eigenvalue weighted by molar-refractivity contribution is 6.30. The van der Waals surface area contributed by atoms with Crippen molar-refractivity contribution in [3.8, 4) is 5.75 Å². The van der Waals surface area contributed by atoms with Gasteiger partial charge in [-0.3, -0.25) is 9.59 Å². The topological polar surface area (TPSA) is 67.4 Å². The van der Waals surface area contributed by atoms with Gasteiger partial charge in [-0.25, -0.2) is 0 Å². The van der Waals surface area contributed by atoms with Crippen molar-refractivity contribution in [2.45, 2.75) is 39.8 Å². The van der Waals surface area contributed by atoms with Gasteiger partial charge in [-0.2, -0.15) is 0 Å². The quantitative estimate of drug-likeness (QED) is 0.703. The molecule has 0 saturated carbocycles. The number of benzene rings is 2. The molecule has 0 fully saturated rings. The molecule has 0 heterocycles. The second-order valence-electron chi connectivity index (χ2n) is 6.78. The van der Waals surface area contributed by atoms with E-state index in [9.17, 15) is 9.59 Å². The molecule has 0 aliphatic rings. The fourth-order valence-electron chi connectivity index (χ4n) is 2.45. The fourth-order valence-corrected chi connectivity index (χ4v) is 2.57. The second kappa shape index (κ2) is 9.97. The number of ether oxygens (including phenoxy) is 1. The fraction of sp³-hybridized carbons (Fsp3) is 0.333. The Hall–Kier alpha value is -2.53. The first-order valence-corrected chi connectivity index (χ1v) is 9.30. The third-order valence-corrected chi connectivity index (χ3v) is 4.02. The maximum atomic E-state index is 12.2. The van der Waals surface area contributed by atoms with Gasteiger partial charge in [0, 0.05) is 23.7 Å². The van der Waals surface area contributed by atoms with E-state index < -0.39 is 6.10 Å². The molecule has 0 bridgehead atoms. The lowest BCUT2D eigenvalue weighted by atomic mass is 10.1. The number of carbonyl (C=O) groups is 2. The number of halogens is 1. The Balaban J connectivity index is 1.86. The molecule has 0 saturated heterocycles. The minimum atomic E-state index is -0.639. The van der Waals surface area contributed by atoms with E-state index in [1.54, 1.807) is 31.2 Å². The Labute approximate surface area is 165 Å². The van der Waals surface area contributed by atoms with Gasteiger partial charge in [0.2, 0.25) is 5.91 Å². The summed E-state index contributed by atoms with van der Waals surface area (Å²) < 4.78 is 5.61. The molecule has 6 heteroatoms. The lowest BCUT2D eigenvalue weighted by Gasteiger charge is -2.15. The minimum absolute atomic E-state index is 0.0174. The van der Waals surface area contributed by atoms with Crippen molar-refractivity contribution in [2.24, 2.45) is 5.92 Å². The van der Waals surface area contributed by atoms with Crippen LogP contribution in [0.2, 0.25) is 5.02 Å². The highest BCUT2D eigenvalue weighted by Crippen LogP contribution is 2.17. The molecular weight excluding hydrogens is 364 g/mol. The number of hydrogen-bond donors (Lipinski definition) is 2. The summed E-state index contributed by atoms with van der Waals surface area (Å²) in [5, 5.41) is 6.33. The molecule has 0 aliphatic heterocycles. The van der Waals surface area contributed by atoms with Gasteiger partial charge in [0.05, 0.1) is 0 Å². The molecule has 2 amide bonds. The van der Waals surface area contributed by atoms with Crippen LogP contribution < -0.4 is 15.4 Å². The van der Waals surface area contributed by atoms with Gasteiger partial charge in [-0.15, -0.1) is 0 Å². The Morgan fingerprint density at radius 2 is 1.78 bits per heavy atom. The van der Waals surface area contributed by atoms with Crippen molar-refractivity contribution in [2.75, 3.05) is 5.32 Å². The molecule has 27 heavy (non-hydrogen) atoms. The molecular formula is C21H25ClN2O3. The zero-order chi connectivity index (χ0) is 19.8. The number of hydrogen-bond acceptors (Lipinski definition) is 3. The maximum Gasteiger partial charge on any atom is 0.261 e. The molecule has 1 unspecified atom stereocenters. The number of anilines is 1. The van der Waals surface area contributed by atoms with Crippen LogP contribution in [0, 0.1) is 5.92 Å². The summed E-state index contributed by atoms with van der Waals surface area (Å²) in [6.07, 6.45) is -0.166. The summed E-state index contributed by atoms with van der Waals surface area (Å²) in [5.41, 5.74) is 1.61. The van der Waals surface area contributed by atoms with E-state index >= 15 is 0 Å². The monoisotopic (exact) mass is 388 g/mol. The summed E-state index contributed by atoms with van der Waals surface area (Å²) in [6.45, 7) is 6.03. The molecule has 2 aromatic rings. The van der Waals surface area contributed by atoms with Crippen LogP contribution in [-0.2, 0) is 16.1 Å². The van der Waals surface area contributed by atoms with E-state index in [4.69, 9.17) is 16.3 Å². The van der Waals surface area contributed by atoms with Crippen molar-refractivity contribution < 1.29 is 14.3 Å². The third-order valence-electron chi connectivity index (χ3n) is 3.77. The lowest BCUT2D eigenvalue weighted by Crippen LogP contribution is -2.35. The molecule has 2 aromatic carbocycles. The van der Waals surface area contributed by atoms with Gasteiger partial charge in [-0.1, -0.05) is 37.6 Å². The number of nitrogens with one attached hydrogen (secondary N) is 2. The van der Waals surface area contributed by atoms with E-state index in [0.29, 0.717) is 29.7 Å². The summed E-state index contributed by atoms with van der Waals surface area (Å²) in [6, 6.07) is 14.3. The largest absolute Gasteiger partial charge is 0.481 e. The Morgan fingerprint density at radius 3 is 2.44 bits per heavy atom. The molecule has 5 nitrogen and oxygen atoms in total. The predicted molar refractivity (Wildman–Crippen MR) is 108 cm³/mol. The van der Waals surface area contributed by atoms with E-state index in [1.165, 1.54) is 0 Å². The van der Waals surface area contributed by atoms with Crippen molar-refractivity contribution >= 4 is 29.1 Å². The lowest BCUT2D eigenvalue weighted by molar-refractivity contribution is -0.127. The van der Waals surface area contributed by atoms with Crippen LogP contribution in [0.5, 0.6) is 5.75 Å². The number of rotatable bonds is 8. The van der Waals surface area contributed by atoms with Crippen LogP contribution in [0.3, 0.4) is 0 Å². The van der Waals surface area contributed by atoms with E-state index in [1.807, 2.05) is 38.1 Å². The Morgan fingerprint density at radius 1 is 1.07 bits per heavy atom. The second-order valence-corrected chi connectivity index (χ2v) is 7.21. The zero-order valence-corrected chi connectivity index (χ0v) is 16.5. The van der Waals surface area contributed by atoms with Crippen LogP contribution in [0.15, 0.2) is 48.5 Å². The predicted octanol–water partition coefficient (Wildman–Crippen LogP) is 4.41. The van der Waals surface area contributed by atoms with Crippen LogP contribution in [0.1, 0.15) is 32.8 Å². The van der Waals surface area contributed by atoms with Crippen LogP contribution in [-0.4, -0.2) is 17.9 Å². The minimum Gasteiger partial charge on any atom is -0.481 e. The van der Waals surface area contributed by atoms with Crippen molar-refractivity contribution in [1.82, 2.24) is 5.32 Å². The number of carbonyl (C=O) groups excluding carboxylic acids is 2. The first kappa shape index (κ1) is 20.8. The van der Waals surface area contributed by atoms with Gasteiger partial charge in [0.15, 0.2) is 6.10 Å². The molecule has 2 N–H and O–H groups in total. The average Bonchev–Trinajstić information content (AvgIpc) is 2.61. The van der Waals surface area contributed by atoms with Gasteiger partial charge < -0.3 is 15.4 Å². The highest BCUT2D eigenvalue weighted by atomic mass is 35.5. The van der Waals surface area contributed by atoms with Gasteiger partial charge in [0.1, 0.15) is 5.75 Å². The summed E-state index contributed by atoms with van der Waals surface area (Å²) >= 11 is 5.84. The molecule has 0 aromatic heterocycles. The normalized spacial score (nSPS) is 11.7. The number of amides is 2.